The maximum absolute atomic E-state index is 5.84. The molecular weight excluding hydrogens is 150 g/mol. The van der Waals surface area contributed by atoms with Gasteiger partial charge in [-0.05, 0) is 6.92 Å². The first-order chi connectivity index (χ1) is 5.74. The predicted octanol–water partition coefficient (Wildman–Crippen LogP) is 0.833. The molecule has 1 rings (SSSR count). The molecule has 0 spiro atoms. The Balaban J connectivity index is 2.62. The van der Waals surface area contributed by atoms with Crippen molar-refractivity contribution in [1.29, 1.82) is 0 Å². The lowest BCUT2D eigenvalue weighted by molar-refractivity contribution is 0.743. The normalized spacial score (nSPS) is 11.9. The second-order valence-electron chi connectivity index (χ2n) is 2.68. The summed E-state index contributed by atoms with van der Waals surface area (Å²) in [6.45, 7) is 1.82. The number of rotatable bonds is 2. The van der Waals surface area contributed by atoms with Gasteiger partial charge < -0.3 is 5.73 Å². The van der Waals surface area contributed by atoms with Gasteiger partial charge in [0.05, 0.1) is 6.20 Å². The molecule has 1 heterocycles. The van der Waals surface area contributed by atoms with Crippen LogP contribution in [0.15, 0.2) is 12.4 Å². The van der Waals surface area contributed by atoms with Crippen LogP contribution in [0.3, 0.4) is 0 Å². The van der Waals surface area contributed by atoms with Gasteiger partial charge in [0.25, 0.3) is 0 Å². The minimum atomic E-state index is -0.00819. The Bertz CT molecular complexity index is 303. The van der Waals surface area contributed by atoms with E-state index in [1.54, 1.807) is 10.9 Å². The SMILES string of the molecule is CC#CCC(N)c1cnn(C)c1. The Morgan fingerprint density at radius 1 is 1.75 bits per heavy atom. The zero-order valence-electron chi connectivity index (χ0n) is 7.41. The number of hydrogen-bond acceptors (Lipinski definition) is 2. The zero-order valence-corrected chi connectivity index (χ0v) is 7.41. The molecule has 0 saturated heterocycles. The maximum atomic E-state index is 5.84. The van der Waals surface area contributed by atoms with Gasteiger partial charge in [0.15, 0.2) is 0 Å². The highest BCUT2D eigenvalue weighted by Gasteiger charge is 2.05. The third-order valence-corrected chi connectivity index (χ3v) is 1.65. The Morgan fingerprint density at radius 2 is 2.50 bits per heavy atom. The topological polar surface area (TPSA) is 43.8 Å². The first-order valence-electron chi connectivity index (χ1n) is 3.87. The van der Waals surface area contributed by atoms with Crippen LogP contribution >= 0.6 is 0 Å². The van der Waals surface area contributed by atoms with E-state index in [4.69, 9.17) is 5.73 Å². The standard InChI is InChI=1S/C9H13N3/c1-3-4-5-9(10)8-6-11-12(2)7-8/h6-7,9H,5,10H2,1-2H3. The van der Waals surface area contributed by atoms with Gasteiger partial charge in [-0.1, -0.05) is 0 Å². The molecule has 0 aliphatic carbocycles. The van der Waals surface area contributed by atoms with Gasteiger partial charge in [0.2, 0.25) is 0 Å². The summed E-state index contributed by atoms with van der Waals surface area (Å²) in [6.07, 6.45) is 4.40. The number of nitrogens with zero attached hydrogens (tertiary/aromatic N) is 2. The van der Waals surface area contributed by atoms with Crippen LogP contribution in [0.4, 0.5) is 0 Å². The molecule has 0 aliphatic heterocycles. The molecule has 0 aromatic carbocycles. The molecule has 3 nitrogen and oxygen atoms in total. The van der Waals surface area contributed by atoms with E-state index >= 15 is 0 Å². The average molecular weight is 163 g/mol. The fourth-order valence-corrected chi connectivity index (χ4v) is 0.961. The summed E-state index contributed by atoms with van der Waals surface area (Å²) in [4.78, 5) is 0. The van der Waals surface area contributed by atoms with Crippen LogP contribution in [0, 0.1) is 11.8 Å². The first-order valence-corrected chi connectivity index (χ1v) is 3.87. The lowest BCUT2D eigenvalue weighted by atomic mass is 10.1. The summed E-state index contributed by atoms with van der Waals surface area (Å²) in [6, 6.07) is -0.00819. The van der Waals surface area contributed by atoms with Crippen LogP contribution in [0.25, 0.3) is 0 Å². The second kappa shape index (κ2) is 3.93. The van der Waals surface area contributed by atoms with E-state index in [0.717, 1.165) is 5.56 Å². The molecule has 0 fully saturated rings. The first kappa shape index (κ1) is 8.82. The maximum Gasteiger partial charge on any atom is 0.0537 e. The molecular formula is C9H13N3. The van der Waals surface area contributed by atoms with Gasteiger partial charge in [-0.2, -0.15) is 5.10 Å². The highest BCUT2D eigenvalue weighted by molar-refractivity contribution is 5.13. The van der Waals surface area contributed by atoms with Crippen LogP contribution in [0.2, 0.25) is 0 Å². The van der Waals surface area contributed by atoms with E-state index in [2.05, 4.69) is 16.9 Å². The second-order valence-corrected chi connectivity index (χ2v) is 2.68. The molecule has 1 atom stereocenters. The highest BCUT2D eigenvalue weighted by Crippen LogP contribution is 2.10. The molecule has 0 bridgehead atoms. The number of aryl methyl sites for hydroxylation is 1. The van der Waals surface area contributed by atoms with Gasteiger partial charge in [0, 0.05) is 31.3 Å². The van der Waals surface area contributed by atoms with Crippen molar-refractivity contribution in [3.05, 3.63) is 18.0 Å². The summed E-state index contributed by atoms with van der Waals surface area (Å²) in [5.41, 5.74) is 6.88. The van der Waals surface area contributed by atoms with Gasteiger partial charge in [-0.15, -0.1) is 11.8 Å². The summed E-state index contributed by atoms with van der Waals surface area (Å²) < 4.78 is 1.74. The Kier molecular flexibility index (Phi) is 2.89. The molecule has 1 aromatic rings. The van der Waals surface area contributed by atoms with Crippen molar-refractivity contribution in [2.45, 2.75) is 19.4 Å². The molecule has 3 heteroatoms. The third kappa shape index (κ3) is 2.11. The van der Waals surface area contributed by atoms with Crippen LogP contribution in [-0.2, 0) is 7.05 Å². The molecule has 1 unspecified atom stereocenters. The lowest BCUT2D eigenvalue weighted by Gasteiger charge is -2.02. The van der Waals surface area contributed by atoms with Gasteiger partial charge in [-0.25, -0.2) is 0 Å². The van der Waals surface area contributed by atoms with Crippen LogP contribution < -0.4 is 5.73 Å². The minimum Gasteiger partial charge on any atom is -0.323 e. The monoisotopic (exact) mass is 163 g/mol. The van der Waals surface area contributed by atoms with Crippen molar-refractivity contribution in [2.75, 3.05) is 0 Å². The van der Waals surface area contributed by atoms with E-state index in [-0.39, 0.29) is 6.04 Å². The Labute approximate surface area is 72.6 Å². The van der Waals surface area contributed by atoms with Crippen molar-refractivity contribution >= 4 is 0 Å². The Hall–Kier alpha value is -1.27. The van der Waals surface area contributed by atoms with Crippen molar-refractivity contribution in [2.24, 2.45) is 12.8 Å². The zero-order chi connectivity index (χ0) is 8.97. The summed E-state index contributed by atoms with van der Waals surface area (Å²) in [5.74, 6) is 5.76. The largest absolute Gasteiger partial charge is 0.323 e. The van der Waals surface area contributed by atoms with Crippen LogP contribution in [-0.4, -0.2) is 9.78 Å². The van der Waals surface area contributed by atoms with Crippen molar-refractivity contribution < 1.29 is 0 Å². The van der Waals surface area contributed by atoms with E-state index in [1.165, 1.54) is 0 Å². The van der Waals surface area contributed by atoms with E-state index in [0.29, 0.717) is 6.42 Å². The van der Waals surface area contributed by atoms with E-state index < -0.39 is 0 Å². The van der Waals surface area contributed by atoms with Gasteiger partial charge in [0.1, 0.15) is 0 Å². The van der Waals surface area contributed by atoms with Crippen molar-refractivity contribution in [3.8, 4) is 11.8 Å². The smallest absolute Gasteiger partial charge is 0.0537 e. The highest BCUT2D eigenvalue weighted by atomic mass is 15.2. The van der Waals surface area contributed by atoms with Crippen molar-refractivity contribution in [3.63, 3.8) is 0 Å². The fraction of sp³-hybridized carbons (Fsp3) is 0.444. The van der Waals surface area contributed by atoms with Gasteiger partial charge in [-0.3, -0.25) is 4.68 Å². The van der Waals surface area contributed by atoms with Crippen LogP contribution in [0.5, 0.6) is 0 Å². The number of hydrogen-bond donors (Lipinski definition) is 1. The molecule has 0 amide bonds. The van der Waals surface area contributed by atoms with E-state index in [1.807, 2.05) is 20.2 Å². The molecule has 0 saturated carbocycles. The molecule has 64 valence electrons. The molecule has 2 N–H and O–H groups in total. The molecule has 12 heavy (non-hydrogen) atoms. The van der Waals surface area contributed by atoms with Crippen molar-refractivity contribution in [1.82, 2.24) is 9.78 Å². The van der Waals surface area contributed by atoms with E-state index in [9.17, 15) is 0 Å². The summed E-state index contributed by atoms with van der Waals surface area (Å²) in [7, 11) is 1.88. The number of nitrogens with two attached hydrogens (primary N) is 1. The summed E-state index contributed by atoms with van der Waals surface area (Å²) >= 11 is 0. The predicted molar refractivity (Wildman–Crippen MR) is 48.2 cm³/mol. The number of aromatic nitrogens is 2. The lowest BCUT2D eigenvalue weighted by Crippen LogP contribution is -2.08. The quantitative estimate of drug-likeness (QED) is 0.656. The minimum absolute atomic E-state index is 0.00819. The molecule has 0 aliphatic rings. The Morgan fingerprint density at radius 3 is 3.00 bits per heavy atom. The average Bonchev–Trinajstić information content (AvgIpc) is 2.47. The molecule has 0 radical (unpaired) electrons. The summed E-state index contributed by atoms with van der Waals surface area (Å²) in [5, 5.41) is 4.03. The third-order valence-electron chi connectivity index (χ3n) is 1.65. The fourth-order valence-electron chi connectivity index (χ4n) is 0.961. The molecule has 1 aromatic heterocycles. The van der Waals surface area contributed by atoms with Crippen LogP contribution in [0.1, 0.15) is 24.9 Å². The van der Waals surface area contributed by atoms with Gasteiger partial charge >= 0.3 is 0 Å².